The zero-order valence-electron chi connectivity index (χ0n) is 14.3. The molecule has 0 saturated carbocycles. The van der Waals surface area contributed by atoms with E-state index in [1.165, 1.54) is 6.42 Å². The van der Waals surface area contributed by atoms with Crippen molar-refractivity contribution in [1.82, 2.24) is 24.4 Å². The van der Waals surface area contributed by atoms with Gasteiger partial charge in [-0.2, -0.15) is 0 Å². The molecule has 8 heteroatoms. The molecule has 2 aliphatic heterocycles. The molecule has 0 atom stereocenters. The molecule has 2 aromatic rings. The van der Waals surface area contributed by atoms with Gasteiger partial charge in [0.2, 0.25) is 11.9 Å². The van der Waals surface area contributed by atoms with Crippen LogP contribution in [0.5, 0.6) is 0 Å². The number of imidazole rings is 1. The molecule has 0 spiro atoms. The highest BCUT2D eigenvalue weighted by molar-refractivity contribution is 5.91. The second kappa shape index (κ2) is 7.18. The lowest BCUT2D eigenvalue weighted by Crippen LogP contribution is -2.49. The second-order valence-corrected chi connectivity index (χ2v) is 6.53. The van der Waals surface area contributed by atoms with Crippen molar-refractivity contribution in [1.29, 1.82) is 0 Å². The molecule has 1 N–H and O–H groups in total. The van der Waals surface area contributed by atoms with Crippen LogP contribution in [0.25, 0.3) is 0 Å². The lowest BCUT2D eigenvalue weighted by atomic mass is 10.2. The molecule has 0 radical (unpaired) electrons. The van der Waals surface area contributed by atoms with Crippen LogP contribution in [0.15, 0.2) is 24.7 Å². The average molecular weight is 341 g/mol. The molecule has 8 nitrogen and oxygen atoms in total. The standard InChI is InChI=1S/C17H23N7O/c25-16(21-15-12-20-14-4-1-2-7-24(14)15)13-22-8-10-23(11-9-22)17-18-5-3-6-19-17/h3,5-6,12H,1-2,4,7-11,13H2,(H,21,25). The van der Waals surface area contributed by atoms with E-state index < -0.39 is 0 Å². The van der Waals surface area contributed by atoms with Crippen LogP contribution >= 0.6 is 0 Å². The zero-order chi connectivity index (χ0) is 17.1. The number of hydrogen-bond donors (Lipinski definition) is 1. The van der Waals surface area contributed by atoms with E-state index in [1.54, 1.807) is 18.6 Å². The molecule has 0 aliphatic carbocycles. The van der Waals surface area contributed by atoms with Crippen molar-refractivity contribution < 1.29 is 4.79 Å². The molecule has 25 heavy (non-hydrogen) atoms. The maximum absolute atomic E-state index is 12.4. The fourth-order valence-corrected chi connectivity index (χ4v) is 3.46. The molecule has 2 aromatic heterocycles. The second-order valence-electron chi connectivity index (χ2n) is 6.53. The number of carbonyl (C=O) groups excluding carboxylic acids is 1. The molecule has 2 aliphatic rings. The predicted octanol–water partition coefficient (Wildman–Crippen LogP) is 0.770. The molecule has 1 amide bonds. The molecule has 0 bridgehead atoms. The fourth-order valence-electron chi connectivity index (χ4n) is 3.46. The van der Waals surface area contributed by atoms with Crippen LogP contribution in [0.1, 0.15) is 18.7 Å². The Labute approximate surface area is 146 Å². The van der Waals surface area contributed by atoms with E-state index in [-0.39, 0.29) is 5.91 Å². The molecular weight excluding hydrogens is 318 g/mol. The highest BCUT2D eigenvalue weighted by atomic mass is 16.2. The summed E-state index contributed by atoms with van der Waals surface area (Å²) < 4.78 is 2.13. The lowest BCUT2D eigenvalue weighted by Gasteiger charge is -2.34. The van der Waals surface area contributed by atoms with Gasteiger partial charge >= 0.3 is 0 Å². The molecular formula is C17H23N7O. The summed E-state index contributed by atoms with van der Waals surface area (Å²) in [6.45, 7) is 4.68. The van der Waals surface area contributed by atoms with Gasteiger partial charge in [-0.3, -0.25) is 9.69 Å². The van der Waals surface area contributed by atoms with Crippen LogP contribution in [0, 0.1) is 0 Å². The molecule has 132 valence electrons. The number of aryl methyl sites for hydroxylation is 1. The quantitative estimate of drug-likeness (QED) is 0.885. The fraction of sp³-hybridized carbons (Fsp3) is 0.529. The Balaban J connectivity index is 1.29. The Morgan fingerprint density at radius 2 is 1.84 bits per heavy atom. The molecule has 0 unspecified atom stereocenters. The smallest absolute Gasteiger partial charge is 0.239 e. The largest absolute Gasteiger partial charge is 0.338 e. The first kappa shape index (κ1) is 16.0. The minimum absolute atomic E-state index is 0.0256. The highest BCUT2D eigenvalue weighted by Crippen LogP contribution is 2.19. The van der Waals surface area contributed by atoms with Gasteiger partial charge in [-0.05, 0) is 18.9 Å². The van der Waals surface area contributed by atoms with E-state index in [4.69, 9.17) is 0 Å². The first-order valence-electron chi connectivity index (χ1n) is 8.88. The van der Waals surface area contributed by atoms with Crippen molar-refractivity contribution >= 4 is 17.7 Å². The van der Waals surface area contributed by atoms with E-state index >= 15 is 0 Å². The number of anilines is 2. The maximum atomic E-state index is 12.4. The number of rotatable bonds is 4. The Bertz CT molecular complexity index is 722. The summed E-state index contributed by atoms with van der Waals surface area (Å²) in [5.41, 5.74) is 0. The van der Waals surface area contributed by atoms with Gasteiger partial charge in [-0.15, -0.1) is 0 Å². The SMILES string of the molecule is O=C(CN1CCN(c2ncccn2)CC1)Nc1cnc2n1CCCC2. The number of nitrogens with zero attached hydrogens (tertiary/aromatic N) is 6. The normalized spacial score (nSPS) is 18.0. The summed E-state index contributed by atoms with van der Waals surface area (Å²) in [5.74, 6) is 2.70. The van der Waals surface area contributed by atoms with Gasteiger partial charge in [0.15, 0.2) is 0 Å². The van der Waals surface area contributed by atoms with Crippen molar-refractivity contribution in [2.75, 3.05) is 42.9 Å². The van der Waals surface area contributed by atoms with E-state index in [9.17, 15) is 4.79 Å². The number of piperazine rings is 1. The summed E-state index contributed by atoms with van der Waals surface area (Å²) in [4.78, 5) is 29.7. The number of carbonyl (C=O) groups is 1. The maximum Gasteiger partial charge on any atom is 0.239 e. The number of nitrogens with one attached hydrogen (secondary N) is 1. The third kappa shape index (κ3) is 3.63. The summed E-state index contributed by atoms with van der Waals surface area (Å²) >= 11 is 0. The van der Waals surface area contributed by atoms with Gasteiger partial charge in [-0.25, -0.2) is 15.0 Å². The van der Waals surface area contributed by atoms with Gasteiger partial charge in [0.1, 0.15) is 11.6 Å². The van der Waals surface area contributed by atoms with Crippen molar-refractivity contribution in [3.8, 4) is 0 Å². The van der Waals surface area contributed by atoms with Gasteiger partial charge < -0.3 is 14.8 Å². The number of amides is 1. The third-order valence-electron chi connectivity index (χ3n) is 4.81. The van der Waals surface area contributed by atoms with Crippen molar-refractivity contribution in [2.24, 2.45) is 0 Å². The molecule has 0 aromatic carbocycles. The molecule has 4 heterocycles. The highest BCUT2D eigenvalue weighted by Gasteiger charge is 2.21. The first-order valence-corrected chi connectivity index (χ1v) is 8.88. The monoisotopic (exact) mass is 341 g/mol. The topological polar surface area (TPSA) is 79.2 Å². The Morgan fingerprint density at radius 1 is 1.04 bits per heavy atom. The minimum Gasteiger partial charge on any atom is -0.338 e. The van der Waals surface area contributed by atoms with Crippen LogP contribution in [-0.2, 0) is 17.8 Å². The van der Waals surface area contributed by atoms with Gasteiger partial charge in [-0.1, -0.05) is 0 Å². The van der Waals surface area contributed by atoms with Crippen molar-refractivity contribution in [3.05, 3.63) is 30.5 Å². The van der Waals surface area contributed by atoms with Gasteiger partial charge in [0.05, 0.1) is 12.7 Å². The molecule has 1 fully saturated rings. The van der Waals surface area contributed by atoms with Crippen molar-refractivity contribution in [2.45, 2.75) is 25.8 Å². The lowest BCUT2D eigenvalue weighted by molar-refractivity contribution is -0.117. The Kier molecular flexibility index (Phi) is 4.60. The average Bonchev–Trinajstić information content (AvgIpc) is 3.06. The van der Waals surface area contributed by atoms with E-state index in [1.807, 2.05) is 6.07 Å². The van der Waals surface area contributed by atoms with Gasteiger partial charge in [0.25, 0.3) is 0 Å². The van der Waals surface area contributed by atoms with Crippen molar-refractivity contribution in [3.63, 3.8) is 0 Å². The third-order valence-corrected chi connectivity index (χ3v) is 4.81. The summed E-state index contributed by atoms with van der Waals surface area (Å²) in [7, 11) is 0. The van der Waals surface area contributed by atoms with Gasteiger partial charge in [0, 0.05) is 51.5 Å². The van der Waals surface area contributed by atoms with Crippen LogP contribution in [0.2, 0.25) is 0 Å². The summed E-state index contributed by atoms with van der Waals surface area (Å²) in [6.07, 6.45) is 8.63. The Hall–Kier alpha value is -2.48. The van der Waals surface area contributed by atoms with Crippen LogP contribution in [0.4, 0.5) is 11.8 Å². The minimum atomic E-state index is 0.0256. The van der Waals surface area contributed by atoms with Crippen LogP contribution < -0.4 is 10.2 Å². The molecule has 1 saturated heterocycles. The molecule has 4 rings (SSSR count). The van der Waals surface area contributed by atoms with Crippen LogP contribution in [-0.4, -0.2) is 63.0 Å². The van der Waals surface area contributed by atoms with E-state index in [0.29, 0.717) is 6.54 Å². The van der Waals surface area contributed by atoms with E-state index in [0.717, 1.165) is 63.2 Å². The summed E-state index contributed by atoms with van der Waals surface area (Å²) in [5, 5.41) is 3.02. The predicted molar refractivity (Wildman–Crippen MR) is 94.5 cm³/mol. The van der Waals surface area contributed by atoms with E-state index in [2.05, 4.69) is 34.6 Å². The number of hydrogen-bond acceptors (Lipinski definition) is 6. The van der Waals surface area contributed by atoms with Crippen LogP contribution in [0.3, 0.4) is 0 Å². The zero-order valence-corrected chi connectivity index (χ0v) is 14.3. The number of aromatic nitrogens is 4. The Morgan fingerprint density at radius 3 is 2.64 bits per heavy atom. The first-order chi connectivity index (χ1) is 12.3. The number of fused-ring (bicyclic) bond motifs is 1. The summed E-state index contributed by atoms with van der Waals surface area (Å²) in [6, 6.07) is 1.82.